The number of ether oxygens (including phenoxy) is 1. The highest BCUT2D eigenvalue weighted by molar-refractivity contribution is 7.80. The summed E-state index contributed by atoms with van der Waals surface area (Å²) in [6.07, 6.45) is 2.47. The molecule has 20 heavy (non-hydrogen) atoms. The zero-order valence-corrected chi connectivity index (χ0v) is 12.9. The van der Waals surface area contributed by atoms with Gasteiger partial charge in [0.1, 0.15) is 0 Å². The lowest BCUT2D eigenvalue weighted by Gasteiger charge is -2.12. The van der Waals surface area contributed by atoms with Gasteiger partial charge in [-0.25, -0.2) is 0 Å². The quantitative estimate of drug-likeness (QED) is 0.510. The van der Waals surface area contributed by atoms with E-state index in [1.54, 1.807) is 0 Å². The van der Waals surface area contributed by atoms with Gasteiger partial charge in [0.25, 0.3) is 0 Å². The maximum Gasteiger partial charge on any atom is 0.187 e. The van der Waals surface area contributed by atoms with Crippen molar-refractivity contribution in [2.45, 2.75) is 25.9 Å². The molecule has 1 saturated heterocycles. The summed E-state index contributed by atoms with van der Waals surface area (Å²) >= 11 is 11.0. The van der Waals surface area contributed by atoms with E-state index in [9.17, 15) is 0 Å². The van der Waals surface area contributed by atoms with Gasteiger partial charge >= 0.3 is 0 Å². The molecule has 0 aromatic heterocycles. The van der Waals surface area contributed by atoms with E-state index in [0.717, 1.165) is 37.3 Å². The Morgan fingerprint density at radius 3 is 2.85 bits per heavy atom. The highest BCUT2D eigenvalue weighted by Gasteiger charge is 2.15. The Kier molecular flexibility index (Phi) is 5.76. The molecule has 0 bridgehead atoms. The fourth-order valence-corrected chi connectivity index (χ4v) is 2.20. The van der Waals surface area contributed by atoms with Crippen LogP contribution in [0.15, 0.2) is 29.4 Å². The lowest BCUT2D eigenvalue weighted by Crippen LogP contribution is -2.37. The van der Waals surface area contributed by atoms with Gasteiger partial charge in [0.2, 0.25) is 0 Å². The van der Waals surface area contributed by atoms with Crippen LogP contribution in [0.4, 0.5) is 0 Å². The number of hydrogen-bond acceptors (Lipinski definition) is 3. The number of hydrogen-bond donors (Lipinski definition) is 2. The van der Waals surface area contributed by atoms with Gasteiger partial charge in [-0.2, -0.15) is 5.10 Å². The molecule has 2 rings (SSSR count). The first kappa shape index (κ1) is 15.2. The number of nitrogens with one attached hydrogen (secondary N) is 2. The summed E-state index contributed by atoms with van der Waals surface area (Å²) in [5.41, 5.74) is 4.69. The normalized spacial score (nSPS) is 18.9. The van der Waals surface area contributed by atoms with E-state index in [4.69, 9.17) is 28.6 Å². The lowest BCUT2D eigenvalue weighted by molar-refractivity contribution is 0.114. The van der Waals surface area contributed by atoms with Crippen molar-refractivity contribution < 1.29 is 4.74 Å². The fourth-order valence-electron chi connectivity index (χ4n) is 1.94. The summed E-state index contributed by atoms with van der Waals surface area (Å²) in [5.74, 6) is 0. The molecule has 0 saturated carbocycles. The lowest BCUT2D eigenvalue weighted by atomic mass is 10.1. The summed E-state index contributed by atoms with van der Waals surface area (Å²) in [4.78, 5) is 0. The topological polar surface area (TPSA) is 45.7 Å². The average Bonchev–Trinajstić information content (AvgIpc) is 2.96. The number of rotatable bonds is 4. The van der Waals surface area contributed by atoms with Crippen LogP contribution in [0, 0.1) is 0 Å². The minimum absolute atomic E-state index is 0.260. The van der Waals surface area contributed by atoms with Gasteiger partial charge in [0, 0.05) is 18.2 Å². The first-order chi connectivity index (χ1) is 9.65. The Bertz CT molecular complexity index is 484. The predicted molar refractivity (Wildman–Crippen MR) is 86.4 cm³/mol. The van der Waals surface area contributed by atoms with Gasteiger partial charge < -0.3 is 10.1 Å². The standard InChI is InChI=1S/C14H18ClN3OS/c1-10(11-4-6-12(15)7-5-11)17-18-14(20)16-9-13-3-2-8-19-13/h4-7,13H,2-3,8-9H2,1H3,(H2,16,18,20)/b17-10-/t13-/m0/s1. The van der Waals surface area contributed by atoms with E-state index in [-0.39, 0.29) is 6.10 Å². The number of thiocarbonyl (C=S) groups is 1. The van der Waals surface area contributed by atoms with Crippen molar-refractivity contribution in [3.05, 3.63) is 34.9 Å². The molecular formula is C14H18ClN3OS. The van der Waals surface area contributed by atoms with Crippen LogP contribution in [0.3, 0.4) is 0 Å². The van der Waals surface area contributed by atoms with E-state index < -0.39 is 0 Å². The summed E-state index contributed by atoms with van der Waals surface area (Å²) in [6.45, 7) is 3.49. The number of halogens is 1. The molecule has 0 unspecified atom stereocenters. The van der Waals surface area contributed by atoms with Crippen LogP contribution < -0.4 is 10.7 Å². The molecule has 1 heterocycles. The molecule has 1 fully saturated rings. The molecule has 0 amide bonds. The summed E-state index contributed by atoms with van der Waals surface area (Å²) in [5, 5.41) is 8.58. The second-order valence-electron chi connectivity index (χ2n) is 4.66. The van der Waals surface area contributed by atoms with Crippen LogP contribution >= 0.6 is 23.8 Å². The van der Waals surface area contributed by atoms with Crippen LogP contribution in [0.25, 0.3) is 0 Å². The molecule has 4 nitrogen and oxygen atoms in total. The minimum Gasteiger partial charge on any atom is -0.376 e. The van der Waals surface area contributed by atoms with Crippen molar-refractivity contribution in [2.75, 3.05) is 13.2 Å². The monoisotopic (exact) mass is 311 g/mol. The highest BCUT2D eigenvalue weighted by atomic mass is 35.5. The van der Waals surface area contributed by atoms with Gasteiger partial charge in [-0.15, -0.1) is 0 Å². The third-order valence-corrected chi connectivity index (χ3v) is 3.59. The maximum absolute atomic E-state index is 5.85. The summed E-state index contributed by atoms with van der Waals surface area (Å²) in [6, 6.07) is 7.52. The Hall–Kier alpha value is -1.17. The number of nitrogens with zero attached hydrogens (tertiary/aromatic N) is 1. The van der Waals surface area contributed by atoms with Crippen LogP contribution in [0.5, 0.6) is 0 Å². The SMILES string of the molecule is C/C(=N/NC(=S)NC[C@@H]1CCCO1)c1ccc(Cl)cc1. The van der Waals surface area contributed by atoms with Crippen LogP contribution in [0.2, 0.25) is 5.02 Å². The molecule has 2 N–H and O–H groups in total. The molecule has 1 aromatic carbocycles. The molecular weight excluding hydrogens is 294 g/mol. The molecule has 1 aromatic rings. The summed E-state index contributed by atoms with van der Waals surface area (Å²) < 4.78 is 5.51. The van der Waals surface area contributed by atoms with Gasteiger partial charge in [-0.05, 0) is 49.7 Å². The molecule has 6 heteroatoms. The Balaban J connectivity index is 1.78. The number of benzene rings is 1. The second kappa shape index (κ2) is 7.57. The van der Waals surface area contributed by atoms with Crippen molar-refractivity contribution in [1.82, 2.24) is 10.7 Å². The van der Waals surface area contributed by atoms with Crippen LogP contribution in [-0.2, 0) is 4.74 Å². The first-order valence-electron chi connectivity index (χ1n) is 6.61. The largest absolute Gasteiger partial charge is 0.376 e. The number of hydrazone groups is 1. The second-order valence-corrected chi connectivity index (χ2v) is 5.51. The Morgan fingerprint density at radius 2 is 2.20 bits per heavy atom. The van der Waals surface area contributed by atoms with E-state index in [1.165, 1.54) is 0 Å². The average molecular weight is 312 g/mol. The zero-order valence-electron chi connectivity index (χ0n) is 11.4. The molecule has 1 aliphatic heterocycles. The molecule has 0 radical (unpaired) electrons. The first-order valence-corrected chi connectivity index (χ1v) is 7.39. The predicted octanol–water partition coefficient (Wildman–Crippen LogP) is 2.71. The Morgan fingerprint density at radius 1 is 1.45 bits per heavy atom. The highest BCUT2D eigenvalue weighted by Crippen LogP contribution is 2.11. The van der Waals surface area contributed by atoms with E-state index >= 15 is 0 Å². The third kappa shape index (κ3) is 4.74. The molecule has 0 spiro atoms. The van der Waals surface area contributed by atoms with Crippen molar-refractivity contribution >= 4 is 34.6 Å². The van der Waals surface area contributed by atoms with Gasteiger partial charge in [0.15, 0.2) is 5.11 Å². The molecule has 1 atom stereocenters. The van der Waals surface area contributed by atoms with Gasteiger partial charge in [0.05, 0.1) is 11.8 Å². The van der Waals surface area contributed by atoms with Crippen molar-refractivity contribution in [3.8, 4) is 0 Å². The third-order valence-electron chi connectivity index (χ3n) is 3.10. The zero-order chi connectivity index (χ0) is 14.4. The van der Waals surface area contributed by atoms with E-state index in [2.05, 4.69) is 15.8 Å². The van der Waals surface area contributed by atoms with Gasteiger partial charge in [-0.3, -0.25) is 5.43 Å². The molecule has 1 aliphatic rings. The minimum atomic E-state index is 0.260. The summed E-state index contributed by atoms with van der Waals surface area (Å²) in [7, 11) is 0. The van der Waals surface area contributed by atoms with Crippen LogP contribution in [-0.4, -0.2) is 30.1 Å². The van der Waals surface area contributed by atoms with E-state index in [1.807, 2.05) is 31.2 Å². The van der Waals surface area contributed by atoms with Crippen molar-refractivity contribution in [1.29, 1.82) is 0 Å². The van der Waals surface area contributed by atoms with E-state index in [0.29, 0.717) is 10.1 Å². The fraction of sp³-hybridized carbons (Fsp3) is 0.429. The van der Waals surface area contributed by atoms with Crippen molar-refractivity contribution in [3.63, 3.8) is 0 Å². The smallest absolute Gasteiger partial charge is 0.187 e. The molecule has 108 valence electrons. The molecule has 0 aliphatic carbocycles. The van der Waals surface area contributed by atoms with Crippen molar-refractivity contribution in [2.24, 2.45) is 5.10 Å². The Labute approximate surface area is 129 Å². The maximum atomic E-state index is 5.85. The van der Waals surface area contributed by atoms with Gasteiger partial charge in [-0.1, -0.05) is 23.7 Å². The van der Waals surface area contributed by atoms with Crippen LogP contribution in [0.1, 0.15) is 25.3 Å².